The molecule has 29 heavy (non-hydrogen) atoms. The predicted octanol–water partition coefficient (Wildman–Crippen LogP) is 2.87. The molecule has 1 N–H and O–H groups in total. The smallest absolute Gasteiger partial charge is 0.194 e. The van der Waals surface area contributed by atoms with Crippen LogP contribution in [0.3, 0.4) is 0 Å². The van der Waals surface area contributed by atoms with Gasteiger partial charge in [0.2, 0.25) is 0 Å². The van der Waals surface area contributed by atoms with E-state index in [2.05, 4.69) is 54.6 Å². The van der Waals surface area contributed by atoms with E-state index in [1.165, 1.54) is 19.3 Å². The number of hydrogen-bond acceptors (Lipinski definition) is 4. The van der Waals surface area contributed by atoms with E-state index >= 15 is 0 Å². The van der Waals surface area contributed by atoms with Gasteiger partial charge >= 0.3 is 0 Å². The van der Waals surface area contributed by atoms with Crippen molar-refractivity contribution >= 4 is 29.9 Å². The Morgan fingerprint density at radius 2 is 2.14 bits per heavy atom. The van der Waals surface area contributed by atoms with Crippen molar-refractivity contribution in [2.45, 2.75) is 65.1 Å². The second-order valence-corrected chi connectivity index (χ2v) is 7.95. The van der Waals surface area contributed by atoms with Crippen LogP contribution in [0.4, 0.5) is 0 Å². The molecule has 8 nitrogen and oxygen atoms in total. The molecule has 0 saturated carbocycles. The number of guanidine groups is 1. The van der Waals surface area contributed by atoms with Crippen LogP contribution >= 0.6 is 24.0 Å². The van der Waals surface area contributed by atoms with E-state index < -0.39 is 0 Å². The van der Waals surface area contributed by atoms with E-state index in [9.17, 15) is 0 Å². The van der Waals surface area contributed by atoms with Crippen LogP contribution in [-0.4, -0.2) is 54.8 Å². The zero-order chi connectivity index (χ0) is 19.3. The van der Waals surface area contributed by atoms with Gasteiger partial charge in [0.1, 0.15) is 12.4 Å². The quantitative estimate of drug-likeness (QED) is 0.388. The van der Waals surface area contributed by atoms with E-state index in [1.807, 2.05) is 12.5 Å². The number of rotatable bonds is 4. The second-order valence-electron chi connectivity index (χ2n) is 7.95. The molecule has 2 unspecified atom stereocenters. The zero-order valence-corrected chi connectivity index (χ0v) is 19.8. The van der Waals surface area contributed by atoms with Gasteiger partial charge in [0.25, 0.3) is 0 Å². The van der Waals surface area contributed by atoms with Crippen LogP contribution in [0.1, 0.15) is 57.2 Å². The van der Waals surface area contributed by atoms with Crippen molar-refractivity contribution in [2.24, 2.45) is 10.9 Å². The number of imidazole rings is 1. The van der Waals surface area contributed by atoms with Crippen LogP contribution in [0.5, 0.6) is 0 Å². The van der Waals surface area contributed by atoms with Gasteiger partial charge in [-0.05, 0) is 32.1 Å². The lowest BCUT2D eigenvalue weighted by Crippen LogP contribution is -2.49. The first kappa shape index (κ1) is 22.0. The molecule has 4 heterocycles. The number of fused-ring (bicyclic) bond motifs is 1. The Bertz CT molecular complexity index is 785. The molecule has 0 spiro atoms. The summed E-state index contributed by atoms with van der Waals surface area (Å²) in [4.78, 5) is 11.6. The summed E-state index contributed by atoms with van der Waals surface area (Å²) in [5.74, 6) is 3.72. The van der Waals surface area contributed by atoms with Gasteiger partial charge in [-0.1, -0.05) is 13.3 Å². The van der Waals surface area contributed by atoms with Crippen molar-refractivity contribution in [1.29, 1.82) is 0 Å². The standard InChI is InChI=1S/C20H32N8.HI/c1-3-22-20(23-13-19-25-24-18-7-5-4-6-10-28(18)19)26-11-8-16(2)17(14-26)27-12-9-21-15-27;/h9,12,15-17H,3-8,10-11,13-14H2,1-2H3,(H,22,23);1H. The van der Waals surface area contributed by atoms with Crippen molar-refractivity contribution in [3.63, 3.8) is 0 Å². The number of halogens is 1. The van der Waals surface area contributed by atoms with Crippen LogP contribution in [-0.2, 0) is 19.5 Å². The summed E-state index contributed by atoms with van der Waals surface area (Å²) >= 11 is 0. The highest BCUT2D eigenvalue weighted by Gasteiger charge is 2.29. The average Bonchev–Trinajstić information content (AvgIpc) is 3.31. The molecule has 4 rings (SSSR count). The number of aryl methyl sites for hydroxylation is 1. The number of nitrogens with zero attached hydrogens (tertiary/aromatic N) is 7. The first-order valence-corrected chi connectivity index (χ1v) is 10.7. The van der Waals surface area contributed by atoms with Gasteiger partial charge in [0.05, 0.1) is 12.4 Å². The van der Waals surface area contributed by atoms with Crippen molar-refractivity contribution in [3.8, 4) is 0 Å². The van der Waals surface area contributed by atoms with Crippen LogP contribution in [0, 0.1) is 5.92 Å². The Morgan fingerprint density at radius 3 is 2.93 bits per heavy atom. The first-order valence-electron chi connectivity index (χ1n) is 10.7. The lowest BCUT2D eigenvalue weighted by Gasteiger charge is -2.39. The van der Waals surface area contributed by atoms with E-state index in [-0.39, 0.29) is 24.0 Å². The molecule has 2 aromatic rings. The van der Waals surface area contributed by atoms with Gasteiger partial charge in [-0.25, -0.2) is 9.98 Å². The fourth-order valence-electron chi connectivity index (χ4n) is 4.33. The van der Waals surface area contributed by atoms with Crippen LogP contribution < -0.4 is 5.32 Å². The molecule has 9 heteroatoms. The maximum absolute atomic E-state index is 4.94. The molecule has 1 fully saturated rings. The van der Waals surface area contributed by atoms with Gasteiger partial charge < -0.3 is 19.4 Å². The van der Waals surface area contributed by atoms with E-state index in [1.54, 1.807) is 0 Å². The molecule has 0 bridgehead atoms. The van der Waals surface area contributed by atoms with Crippen molar-refractivity contribution in [3.05, 3.63) is 30.4 Å². The highest BCUT2D eigenvalue weighted by atomic mass is 127. The van der Waals surface area contributed by atoms with Gasteiger partial charge in [-0.3, -0.25) is 0 Å². The number of piperidine rings is 1. The highest BCUT2D eigenvalue weighted by Crippen LogP contribution is 2.27. The fraction of sp³-hybridized carbons (Fsp3) is 0.700. The Hall–Kier alpha value is -1.65. The maximum Gasteiger partial charge on any atom is 0.194 e. The third-order valence-corrected chi connectivity index (χ3v) is 6.02. The third-order valence-electron chi connectivity index (χ3n) is 6.02. The Morgan fingerprint density at radius 1 is 1.24 bits per heavy atom. The van der Waals surface area contributed by atoms with E-state index in [0.717, 1.165) is 56.6 Å². The van der Waals surface area contributed by atoms with Gasteiger partial charge in [-0.15, -0.1) is 34.2 Å². The largest absolute Gasteiger partial charge is 0.357 e. The third kappa shape index (κ3) is 5.10. The Kier molecular flexibility index (Phi) is 7.91. The second kappa shape index (κ2) is 10.4. The summed E-state index contributed by atoms with van der Waals surface area (Å²) < 4.78 is 4.52. The summed E-state index contributed by atoms with van der Waals surface area (Å²) in [6, 6.07) is 0.421. The molecule has 0 aliphatic carbocycles. The molecule has 0 radical (unpaired) electrons. The fourth-order valence-corrected chi connectivity index (χ4v) is 4.33. The molecular weight excluding hydrogens is 479 g/mol. The lowest BCUT2D eigenvalue weighted by atomic mass is 9.93. The van der Waals surface area contributed by atoms with Gasteiger partial charge in [-0.2, -0.15) is 0 Å². The summed E-state index contributed by atoms with van der Waals surface area (Å²) in [6.45, 7) is 8.89. The van der Waals surface area contributed by atoms with Crippen molar-refractivity contribution < 1.29 is 0 Å². The van der Waals surface area contributed by atoms with Gasteiger partial charge in [0, 0.05) is 45.0 Å². The zero-order valence-electron chi connectivity index (χ0n) is 17.5. The van der Waals surface area contributed by atoms with E-state index in [0.29, 0.717) is 18.5 Å². The predicted molar refractivity (Wildman–Crippen MR) is 124 cm³/mol. The molecular formula is C20H33IN8. The molecule has 2 aliphatic heterocycles. The summed E-state index contributed by atoms with van der Waals surface area (Å²) in [5.41, 5.74) is 0. The minimum absolute atomic E-state index is 0. The summed E-state index contributed by atoms with van der Waals surface area (Å²) in [6.07, 6.45) is 11.7. The van der Waals surface area contributed by atoms with Crippen molar-refractivity contribution in [2.75, 3.05) is 19.6 Å². The molecule has 1 saturated heterocycles. The van der Waals surface area contributed by atoms with Crippen LogP contribution in [0.25, 0.3) is 0 Å². The number of nitrogens with one attached hydrogen (secondary N) is 1. The topological polar surface area (TPSA) is 76.2 Å². The molecule has 0 aromatic carbocycles. The molecule has 0 amide bonds. The van der Waals surface area contributed by atoms with Gasteiger partial charge in [0.15, 0.2) is 11.8 Å². The number of aliphatic imine (C=N–C) groups is 1. The molecule has 2 aromatic heterocycles. The first-order chi connectivity index (χ1) is 13.8. The Labute approximate surface area is 190 Å². The minimum atomic E-state index is 0. The number of likely N-dealkylation sites (tertiary alicyclic amines) is 1. The summed E-state index contributed by atoms with van der Waals surface area (Å²) in [5, 5.41) is 12.3. The SMILES string of the molecule is CCNC(=NCc1nnc2n1CCCCC2)N1CCC(C)C(n2ccnc2)C1.I. The lowest BCUT2D eigenvalue weighted by molar-refractivity contribution is 0.189. The van der Waals surface area contributed by atoms with Crippen LogP contribution in [0.2, 0.25) is 0 Å². The van der Waals surface area contributed by atoms with Crippen LogP contribution in [0.15, 0.2) is 23.7 Å². The monoisotopic (exact) mass is 512 g/mol. The Balaban J connectivity index is 0.00000240. The maximum atomic E-state index is 4.94. The number of aromatic nitrogens is 5. The summed E-state index contributed by atoms with van der Waals surface area (Å²) in [7, 11) is 0. The average molecular weight is 512 g/mol. The molecule has 2 atom stereocenters. The molecule has 2 aliphatic rings. The molecule has 160 valence electrons. The number of hydrogen-bond donors (Lipinski definition) is 1. The minimum Gasteiger partial charge on any atom is -0.357 e. The van der Waals surface area contributed by atoms with Crippen molar-refractivity contribution in [1.82, 2.24) is 34.5 Å². The normalized spacial score (nSPS) is 22.6. The highest BCUT2D eigenvalue weighted by molar-refractivity contribution is 14.0. The van der Waals surface area contributed by atoms with E-state index in [4.69, 9.17) is 4.99 Å².